The molecule has 6 heteroatoms. The lowest BCUT2D eigenvalue weighted by atomic mass is 10.1. The zero-order chi connectivity index (χ0) is 11.4. The van der Waals surface area contributed by atoms with Crippen molar-refractivity contribution in [1.29, 1.82) is 5.26 Å². The van der Waals surface area contributed by atoms with E-state index in [1.54, 1.807) is 6.07 Å². The van der Waals surface area contributed by atoms with Crippen LogP contribution < -0.4 is 0 Å². The van der Waals surface area contributed by atoms with Crippen molar-refractivity contribution in [3.8, 4) is 11.8 Å². The average molecular weight is 233 g/mol. The van der Waals surface area contributed by atoms with Crippen LogP contribution in [0.15, 0.2) is 6.07 Å². The molecule has 0 aromatic carbocycles. The SMILES string of the molecule is N#CCc1cc(C(F)F)c(O)c(CCl)n1. The van der Waals surface area contributed by atoms with E-state index >= 15 is 0 Å². The second kappa shape index (κ2) is 4.89. The van der Waals surface area contributed by atoms with Crippen LogP contribution in [-0.2, 0) is 12.3 Å². The number of hydrogen-bond acceptors (Lipinski definition) is 3. The van der Waals surface area contributed by atoms with Gasteiger partial charge in [-0.2, -0.15) is 5.26 Å². The fourth-order valence-electron chi connectivity index (χ4n) is 1.10. The van der Waals surface area contributed by atoms with Gasteiger partial charge in [0.15, 0.2) is 0 Å². The van der Waals surface area contributed by atoms with E-state index in [0.29, 0.717) is 0 Å². The van der Waals surface area contributed by atoms with E-state index in [1.807, 2.05) is 0 Å². The van der Waals surface area contributed by atoms with Gasteiger partial charge in [-0.05, 0) is 6.07 Å². The molecule has 1 aromatic rings. The molecule has 1 heterocycles. The number of rotatable bonds is 3. The van der Waals surface area contributed by atoms with Crippen LogP contribution in [0, 0.1) is 11.3 Å². The van der Waals surface area contributed by atoms with Crippen molar-refractivity contribution in [3.63, 3.8) is 0 Å². The molecule has 0 saturated heterocycles. The van der Waals surface area contributed by atoms with Crippen LogP contribution in [0.3, 0.4) is 0 Å². The summed E-state index contributed by atoms with van der Waals surface area (Å²) in [5, 5.41) is 17.8. The van der Waals surface area contributed by atoms with Crippen LogP contribution in [0.25, 0.3) is 0 Å². The Bertz CT molecular complexity index is 404. The molecule has 0 atom stereocenters. The summed E-state index contributed by atoms with van der Waals surface area (Å²) in [4.78, 5) is 3.79. The van der Waals surface area contributed by atoms with E-state index in [1.165, 1.54) is 0 Å². The molecule has 0 bridgehead atoms. The third kappa shape index (κ3) is 2.54. The first kappa shape index (κ1) is 11.7. The molecule has 0 fully saturated rings. The van der Waals surface area contributed by atoms with Crippen LogP contribution in [-0.4, -0.2) is 10.1 Å². The molecule has 0 radical (unpaired) electrons. The molecule has 0 unspecified atom stereocenters. The Morgan fingerprint density at radius 2 is 2.27 bits per heavy atom. The number of hydrogen-bond donors (Lipinski definition) is 1. The van der Waals surface area contributed by atoms with Gasteiger partial charge in [0.25, 0.3) is 6.43 Å². The molecule has 0 saturated carbocycles. The lowest BCUT2D eigenvalue weighted by molar-refractivity contribution is 0.147. The zero-order valence-electron chi connectivity index (χ0n) is 7.54. The maximum Gasteiger partial charge on any atom is 0.267 e. The minimum Gasteiger partial charge on any atom is -0.505 e. The highest BCUT2D eigenvalue weighted by molar-refractivity contribution is 6.17. The van der Waals surface area contributed by atoms with Gasteiger partial charge in [0.05, 0.1) is 35.3 Å². The first-order valence-corrected chi connectivity index (χ1v) is 4.56. The summed E-state index contributed by atoms with van der Waals surface area (Å²) < 4.78 is 24.9. The smallest absolute Gasteiger partial charge is 0.267 e. The number of nitrogens with zero attached hydrogens (tertiary/aromatic N) is 2. The van der Waals surface area contributed by atoms with Gasteiger partial charge in [0.2, 0.25) is 0 Å². The summed E-state index contributed by atoms with van der Waals surface area (Å²) in [6, 6.07) is 2.80. The largest absolute Gasteiger partial charge is 0.505 e. The molecule has 0 amide bonds. The van der Waals surface area contributed by atoms with Crippen molar-refractivity contribution in [3.05, 3.63) is 23.0 Å². The van der Waals surface area contributed by atoms with E-state index in [-0.39, 0.29) is 23.7 Å². The molecule has 1 N–H and O–H groups in total. The van der Waals surface area contributed by atoms with Crippen LogP contribution in [0.5, 0.6) is 5.75 Å². The maximum atomic E-state index is 12.5. The van der Waals surface area contributed by atoms with Crippen LogP contribution in [0.4, 0.5) is 8.78 Å². The summed E-state index contributed by atoms with van der Waals surface area (Å²) in [6.45, 7) is 0. The first-order valence-electron chi connectivity index (χ1n) is 4.02. The summed E-state index contributed by atoms with van der Waals surface area (Å²) >= 11 is 5.43. The van der Waals surface area contributed by atoms with Gasteiger partial charge in [0, 0.05) is 0 Å². The molecule has 1 aromatic heterocycles. The van der Waals surface area contributed by atoms with E-state index in [0.717, 1.165) is 6.07 Å². The number of aromatic hydroxyl groups is 1. The Labute approximate surface area is 89.9 Å². The standard InChI is InChI=1S/C9H7ClF2N2O/c10-4-7-8(15)6(9(11)12)3-5(14-7)1-2-13/h3,9,15H,1,4H2. The molecule has 1 rings (SSSR count). The third-order valence-electron chi connectivity index (χ3n) is 1.77. The molecule has 0 aliphatic carbocycles. The summed E-state index contributed by atoms with van der Waals surface area (Å²) in [5.41, 5.74) is -0.383. The highest BCUT2D eigenvalue weighted by atomic mass is 35.5. The van der Waals surface area contributed by atoms with E-state index < -0.39 is 17.7 Å². The fraction of sp³-hybridized carbons (Fsp3) is 0.333. The lowest BCUT2D eigenvalue weighted by Gasteiger charge is -2.08. The number of alkyl halides is 3. The van der Waals surface area contributed by atoms with Crippen LogP contribution in [0.2, 0.25) is 0 Å². The summed E-state index contributed by atoms with van der Waals surface area (Å²) in [6.07, 6.45) is -2.91. The van der Waals surface area contributed by atoms with Gasteiger partial charge in [0.1, 0.15) is 5.75 Å². The van der Waals surface area contributed by atoms with Crippen LogP contribution >= 0.6 is 11.6 Å². The van der Waals surface area contributed by atoms with Gasteiger partial charge in [-0.1, -0.05) is 0 Å². The highest BCUT2D eigenvalue weighted by Crippen LogP contribution is 2.31. The number of nitriles is 1. The summed E-state index contributed by atoms with van der Waals surface area (Å²) in [7, 11) is 0. The van der Waals surface area contributed by atoms with Crippen LogP contribution in [0.1, 0.15) is 23.4 Å². The zero-order valence-corrected chi connectivity index (χ0v) is 8.30. The molecule has 80 valence electrons. The van der Waals surface area contributed by atoms with E-state index in [9.17, 15) is 13.9 Å². The second-order valence-corrected chi connectivity index (χ2v) is 3.03. The first-order chi connectivity index (χ1) is 7.10. The predicted octanol–water partition coefficient (Wildman–Crippen LogP) is 2.53. The Hall–Kier alpha value is -1.41. The van der Waals surface area contributed by atoms with Gasteiger partial charge >= 0.3 is 0 Å². The molecule has 0 aliphatic heterocycles. The van der Waals surface area contributed by atoms with Crippen molar-refractivity contribution >= 4 is 11.6 Å². The lowest BCUT2D eigenvalue weighted by Crippen LogP contribution is -1.99. The minimum absolute atomic E-state index is 0.0280. The van der Waals surface area contributed by atoms with Gasteiger partial charge in [-0.25, -0.2) is 8.78 Å². The average Bonchev–Trinajstić information content (AvgIpc) is 2.20. The van der Waals surface area contributed by atoms with E-state index in [2.05, 4.69) is 4.98 Å². The number of halogens is 3. The Balaban J connectivity index is 3.26. The minimum atomic E-state index is -2.81. The Kier molecular flexibility index (Phi) is 3.81. The van der Waals surface area contributed by atoms with Crippen molar-refractivity contribution in [1.82, 2.24) is 4.98 Å². The summed E-state index contributed by atoms with van der Waals surface area (Å²) in [5.74, 6) is -0.771. The van der Waals surface area contributed by atoms with E-state index in [4.69, 9.17) is 16.9 Å². The normalized spacial score (nSPS) is 10.3. The molecular formula is C9H7ClF2N2O. The predicted molar refractivity (Wildman–Crippen MR) is 49.7 cm³/mol. The molecule has 0 aliphatic rings. The van der Waals surface area contributed by atoms with Crippen molar-refractivity contribution in [2.75, 3.05) is 0 Å². The Morgan fingerprint density at radius 1 is 1.60 bits per heavy atom. The second-order valence-electron chi connectivity index (χ2n) is 2.77. The number of aromatic nitrogens is 1. The molecule has 15 heavy (non-hydrogen) atoms. The number of pyridine rings is 1. The molecular weight excluding hydrogens is 226 g/mol. The highest BCUT2D eigenvalue weighted by Gasteiger charge is 2.18. The maximum absolute atomic E-state index is 12.5. The van der Waals surface area contributed by atoms with Crippen molar-refractivity contribution in [2.45, 2.75) is 18.7 Å². The quantitative estimate of drug-likeness (QED) is 0.815. The van der Waals surface area contributed by atoms with Gasteiger partial charge in [-0.15, -0.1) is 11.6 Å². The Morgan fingerprint density at radius 3 is 2.73 bits per heavy atom. The molecule has 3 nitrogen and oxygen atoms in total. The van der Waals surface area contributed by atoms with Gasteiger partial charge in [-0.3, -0.25) is 4.98 Å². The molecule has 0 spiro atoms. The van der Waals surface area contributed by atoms with Gasteiger partial charge < -0.3 is 5.11 Å². The van der Waals surface area contributed by atoms with Crippen molar-refractivity contribution in [2.24, 2.45) is 0 Å². The third-order valence-corrected chi connectivity index (χ3v) is 2.02. The van der Waals surface area contributed by atoms with Crippen molar-refractivity contribution < 1.29 is 13.9 Å². The fourth-order valence-corrected chi connectivity index (χ4v) is 1.29. The monoisotopic (exact) mass is 232 g/mol. The topological polar surface area (TPSA) is 56.9 Å².